The molecule has 1 saturated carbocycles. The lowest BCUT2D eigenvalue weighted by Gasteiger charge is -2.31. The van der Waals surface area contributed by atoms with Gasteiger partial charge in [0.2, 0.25) is 0 Å². The second-order valence-electron chi connectivity index (χ2n) is 5.75. The molecule has 3 nitrogen and oxygen atoms in total. The van der Waals surface area contributed by atoms with Crippen LogP contribution in [0.2, 0.25) is 0 Å². The van der Waals surface area contributed by atoms with Crippen molar-refractivity contribution in [3.05, 3.63) is 17.5 Å². The van der Waals surface area contributed by atoms with Crippen molar-refractivity contribution in [2.45, 2.75) is 77.8 Å². The Balaban J connectivity index is 2.05. The van der Waals surface area contributed by atoms with Gasteiger partial charge in [0.15, 0.2) is 0 Å². The minimum absolute atomic E-state index is 0.610. The van der Waals surface area contributed by atoms with Gasteiger partial charge in [-0.2, -0.15) is 5.10 Å². The molecule has 3 heteroatoms. The minimum atomic E-state index is 0.610. The van der Waals surface area contributed by atoms with Gasteiger partial charge in [0.05, 0.1) is 11.7 Å². The van der Waals surface area contributed by atoms with E-state index in [4.69, 9.17) is 5.10 Å². The quantitative estimate of drug-likeness (QED) is 0.851. The summed E-state index contributed by atoms with van der Waals surface area (Å²) in [6, 6.07) is 3.60. The van der Waals surface area contributed by atoms with Crippen LogP contribution >= 0.6 is 0 Å². The molecule has 0 spiro atoms. The third-order valence-corrected chi connectivity index (χ3v) is 4.26. The van der Waals surface area contributed by atoms with Crippen LogP contribution in [0.3, 0.4) is 0 Å². The Hall–Kier alpha value is -0.830. The fourth-order valence-corrected chi connectivity index (χ4v) is 3.16. The fraction of sp³-hybridized carbons (Fsp3) is 0.812. The Morgan fingerprint density at radius 1 is 1.26 bits per heavy atom. The summed E-state index contributed by atoms with van der Waals surface area (Å²) in [5.74, 6) is 0. The first-order chi connectivity index (χ1) is 9.28. The van der Waals surface area contributed by atoms with Gasteiger partial charge in [-0.25, -0.2) is 0 Å². The number of rotatable bonds is 6. The summed E-state index contributed by atoms with van der Waals surface area (Å²) in [4.78, 5) is 0. The van der Waals surface area contributed by atoms with E-state index in [2.05, 4.69) is 36.8 Å². The number of nitrogens with one attached hydrogen (secondary N) is 1. The first-order valence-corrected chi connectivity index (χ1v) is 8.09. The Labute approximate surface area is 117 Å². The highest BCUT2D eigenvalue weighted by Crippen LogP contribution is 2.29. The topological polar surface area (TPSA) is 29.9 Å². The van der Waals surface area contributed by atoms with Crippen molar-refractivity contribution in [1.29, 1.82) is 0 Å². The van der Waals surface area contributed by atoms with Crippen LogP contribution in [0.4, 0.5) is 0 Å². The molecule has 1 aromatic rings. The van der Waals surface area contributed by atoms with Crippen LogP contribution in [0.1, 0.15) is 70.3 Å². The van der Waals surface area contributed by atoms with Crippen LogP contribution < -0.4 is 5.32 Å². The van der Waals surface area contributed by atoms with Crippen LogP contribution in [-0.2, 0) is 12.8 Å². The van der Waals surface area contributed by atoms with E-state index >= 15 is 0 Å². The second-order valence-corrected chi connectivity index (χ2v) is 5.75. The van der Waals surface area contributed by atoms with E-state index in [1.165, 1.54) is 43.5 Å². The highest BCUT2D eigenvalue weighted by Gasteiger charge is 2.24. The van der Waals surface area contributed by atoms with Crippen LogP contribution in [-0.4, -0.2) is 22.4 Å². The van der Waals surface area contributed by atoms with Gasteiger partial charge in [0.25, 0.3) is 0 Å². The van der Waals surface area contributed by atoms with E-state index in [-0.39, 0.29) is 0 Å². The molecule has 1 aliphatic rings. The molecule has 1 fully saturated rings. The number of hydrogen-bond donors (Lipinski definition) is 1. The van der Waals surface area contributed by atoms with E-state index < -0.39 is 0 Å². The van der Waals surface area contributed by atoms with E-state index in [0.717, 1.165) is 19.4 Å². The monoisotopic (exact) mass is 263 g/mol. The Morgan fingerprint density at radius 3 is 2.79 bits per heavy atom. The minimum Gasteiger partial charge on any atom is -0.314 e. The van der Waals surface area contributed by atoms with E-state index in [0.29, 0.717) is 12.1 Å². The summed E-state index contributed by atoms with van der Waals surface area (Å²) in [6.07, 6.45) is 8.57. The van der Waals surface area contributed by atoms with Crippen molar-refractivity contribution >= 4 is 0 Å². The maximum absolute atomic E-state index is 4.83. The van der Waals surface area contributed by atoms with Gasteiger partial charge in [0, 0.05) is 11.7 Å². The van der Waals surface area contributed by atoms with Crippen LogP contribution in [0.25, 0.3) is 0 Å². The van der Waals surface area contributed by atoms with Crippen LogP contribution in [0.15, 0.2) is 6.07 Å². The SMILES string of the molecule is CCCNC1CCCC(n2nc(CC)cc2CC)C1. The predicted molar refractivity (Wildman–Crippen MR) is 80.6 cm³/mol. The number of aryl methyl sites for hydroxylation is 2. The van der Waals surface area contributed by atoms with Crippen molar-refractivity contribution in [3.8, 4) is 0 Å². The van der Waals surface area contributed by atoms with Crippen molar-refractivity contribution in [2.75, 3.05) is 6.54 Å². The van der Waals surface area contributed by atoms with Crippen molar-refractivity contribution < 1.29 is 0 Å². The van der Waals surface area contributed by atoms with Crippen LogP contribution in [0, 0.1) is 0 Å². The first-order valence-electron chi connectivity index (χ1n) is 8.09. The molecule has 1 aliphatic carbocycles. The first kappa shape index (κ1) is 14.6. The molecule has 0 amide bonds. The molecule has 0 aromatic carbocycles. The summed E-state index contributed by atoms with van der Waals surface area (Å²) < 4.78 is 2.33. The van der Waals surface area contributed by atoms with Crippen molar-refractivity contribution in [2.24, 2.45) is 0 Å². The van der Waals surface area contributed by atoms with Gasteiger partial charge < -0.3 is 5.32 Å². The van der Waals surface area contributed by atoms with E-state index in [1.807, 2.05) is 0 Å². The molecule has 1 N–H and O–H groups in total. The summed E-state index contributed by atoms with van der Waals surface area (Å²) in [5, 5.41) is 8.51. The van der Waals surface area contributed by atoms with Crippen LogP contribution in [0.5, 0.6) is 0 Å². The maximum Gasteiger partial charge on any atom is 0.0624 e. The zero-order chi connectivity index (χ0) is 13.7. The van der Waals surface area contributed by atoms with Gasteiger partial charge in [-0.15, -0.1) is 0 Å². The number of hydrogen-bond acceptors (Lipinski definition) is 2. The molecule has 108 valence electrons. The van der Waals surface area contributed by atoms with Gasteiger partial charge in [-0.05, 0) is 57.6 Å². The third kappa shape index (κ3) is 3.59. The zero-order valence-corrected chi connectivity index (χ0v) is 12.8. The molecule has 0 bridgehead atoms. The molecule has 1 heterocycles. The molecular formula is C16H29N3. The number of aromatic nitrogens is 2. The maximum atomic E-state index is 4.83. The highest BCUT2D eigenvalue weighted by molar-refractivity contribution is 5.11. The van der Waals surface area contributed by atoms with Crippen molar-refractivity contribution in [1.82, 2.24) is 15.1 Å². The standard InChI is InChI=1S/C16H29N3/c1-4-10-17-14-8-7-9-16(12-14)19-15(6-3)11-13(5-2)18-19/h11,14,16-17H,4-10,12H2,1-3H3. The Bertz CT molecular complexity index is 383. The smallest absolute Gasteiger partial charge is 0.0624 e. The number of nitrogens with zero attached hydrogens (tertiary/aromatic N) is 2. The molecular weight excluding hydrogens is 234 g/mol. The molecule has 1 aromatic heterocycles. The summed E-state index contributed by atoms with van der Waals surface area (Å²) in [5.41, 5.74) is 2.67. The van der Waals surface area contributed by atoms with E-state index in [9.17, 15) is 0 Å². The average Bonchev–Trinajstić information content (AvgIpc) is 2.89. The Morgan fingerprint density at radius 2 is 2.11 bits per heavy atom. The van der Waals surface area contributed by atoms with Crippen molar-refractivity contribution in [3.63, 3.8) is 0 Å². The molecule has 2 rings (SSSR count). The molecule has 0 radical (unpaired) electrons. The lowest BCUT2D eigenvalue weighted by Crippen LogP contribution is -2.35. The predicted octanol–water partition coefficient (Wildman–Crippen LogP) is 3.49. The molecule has 19 heavy (non-hydrogen) atoms. The largest absolute Gasteiger partial charge is 0.314 e. The lowest BCUT2D eigenvalue weighted by atomic mass is 9.91. The molecule has 0 aliphatic heterocycles. The Kier molecular flexibility index (Phi) is 5.44. The van der Waals surface area contributed by atoms with Gasteiger partial charge >= 0.3 is 0 Å². The molecule has 2 unspecified atom stereocenters. The third-order valence-electron chi connectivity index (χ3n) is 4.26. The lowest BCUT2D eigenvalue weighted by molar-refractivity contribution is 0.265. The molecule has 0 saturated heterocycles. The summed E-state index contributed by atoms with van der Waals surface area (Å²) >= 11 is 0. The fourth-order valence-electron chi connectivity index (χ4n) is 3.16. The highest BCUT2D eigenvalue weighted by atomic mass is 15.3. The van der Waals surface area contributed by atoms with E-state index in [1.54, 1.807) is 0 Å². The second kappa shape index (κ2) is 7.09. The normalized spacial score (nSPS) is 23.7. The summed E-state index contributed by atoms with van der Waals surface area (Å²) in [6.45, 7) is 7.82. The summed E-state index contributed by atoms with van der Waals surface area (Å²) in [7, 11) is 0. The van der Waals surface area contributed by atoms with Gasteiger partial charge in [-0.1, -0.05) is 20.8 Å². The average molecular weight is 263 g/mol. The van der Waals surface area contributed by atoms with Gasteiger partial charge in [0.1, 0.15) is 0 Å². The van der Waals surface area contributed by atoms with Gasteiger partial charge in [-0.3, -0.25) is 4.68 Å². The zero-order valence-electron chi connectivity index (χ0n) is 12.8. The molecule has 2 atom stereocenters.